The Morgan fingerprint density at radius 1 is 1.25 bits per heavy atom. The third kappa shape index (κ3) is 2.67. The molecule has 0 amide bonds. The first-order valence-corrected chi connectivity index (χ1v) is 7.53. The molecule has 2 aliphatic heterocycles. The second kappa shape index (κ2) is 5.70. The fourth-order valence-corrected chi connectivity index (χ4v) is 3.79. The van der Waals surface area contributed by atoms with Crippen LogP contribution in [-0.4, -0.2) is 42.7 Å². The molecule has 3 nitrogen and oxygen atoms in total. The number of nitrogens with zero attached hydrogens (tertiary/aromatic N) is 2. The van der Waals surface area contributed by atoms with Gasteiger partial charge in [0, 0.05) is 24.8 Å². The van der Waals surface area contributed by atoms with Crippen LogP contribution in [0.5, 0.6) is 0 Å². The van der Waals surface area contributed by atoms with Crippen molar-refractivity contribution in [3.8, 4) is 0 Å². The Labute approximate surface area is 120 Å². The van der Waals surface area contributed by atoms with Crippen molar-refractivity contribution in [1.29, 1.82) is 0 Å². The molecule has 2 fully saturated rings. The molecule has 1 aromatic rings. The summed E-state index contributed by atoms with van der Waals surface area (Å²) in [6, 6.07) is 5.60. The van der Waals surface area contributed by atoms with Crippen molar-refractivity contribution in [2.45, 2.75) is 31.9 Å². The average molecular weight is 278 g/mol. The summed E-state index contributed by atoms with van der Waals surface area (Å²) in [5.41, 5.74) is 1.57. The van der Waals surface area contributed by atoms with Crippen LogP contribution in [-0.2, 0) is 6.61 Å². The SMILES string of the molecule is CN1CCCC2CN(c3cc(F)cc(CO)c3)CCC21. The standard InChI is InChI=1S/C16H23FN2O/c1-18-5-2-3-13-10-19(6-4-16(13)18)15-8-12(11-20)7-14(17)9-15/h7-9,13,16,20H,2-6,10-11H2,1H3. The highest BCUT2D eigenvalue weighted by Gasteiger charge is 2.34. The molecule has 2 heterocycles. The largest absolute Gasteiger partial charge is 0.392 e. The maximum atomic E-state index is 13.6. The van der Waals surface area contributed by atoms with Gasteiger partial charge in [0.25, 0.3) is 0 Å². The van der Waals surface area contributed by atoms with Gasteiger partial charge < -0.3 is 14.9 Å². The van der Waals surface area contributed by atoms with Crippen LogP contribution < -0.4 is 4.90 Å². The summed E-state index contributed by atoms with van der Waals surface area (Å²) < 4.78 is 13.6. The van der Waals surface area contributed by atoms with Gasteiger partial charge in [-0.3, -0.25) is 0 Å². The zero-order valence-corrected chi connectivity index (χ0v) is 12.1. The minimum atomic E-state index is -0.255. The minimum Gasteiger partial charge on any atom is -0.392 e. The quantitative estimate of drug-likeness (QED) is 0.899. The lowest BCUT2D eigenvalue weighted by Crippen LogP contribution is -2.52. The maximum absolute atomic E-state index is 13.6. The topological polar surface area (TPSA) is 26.7 Å². The van der Waals surface area contributed by atoms with E-state index in [0.717, 1.165) is 25.2 Å². The number of hydrogen-bond donors (Lipinski definition) is 1. The highest BCUT2D eigenvalue weighted by molar-refractivity contribution is 5.49. The second-order valence-corrected chi connectivity index (χ2v) is 6.16. The van der Waals surface area contributed by atoms with E-state index in [9.17, 15) is 9.50 Å². The van der Waals surface area contributed by atoms with Crippen LogP contribution in [0.25, 0.3) is 0 Å². The number of piperidine rings is 2. The van der Waals surface area contributed by atoms with Gasteiger partial charge in [0.1, 0.15) is 5.82 Å². The summed E-state index contributed by atoms with van der Waals surface area (Å²) in [4.78, 5) is 4.76. The Bertz CT molecular complexity index is 480. The van der Waals surface area contributed by atoms with Crippen molar-refractivity contribution in [3.63, 3.8) is 0 Å². The Morgan fingerprint density at radius 2 is 2.10 bits per heavy atom. The van der Waals surface area contributed by atoms with Gasteiger partial charge in [-0.15, -0.1) is 0 Å². The van der Waals surface area contributed by atoms with E-state index in [4.69, 9.17) is 0 Å². The molecule has 1 N–H and O–H groups in total. The van der Waals surface area contributed by atoms with Crippen LogP contribution in [0.15, 0.2) is 18.2 Å². The Morgan fingerprint density at radius 3 is 2.90 bits per heavy atom. The summed E-state index contributed by atoms with van der Waals surface area (Å²) in [6.45, 7) is 3.08. The first-order valence-electron chi connectivity index (χ1n) is 7.53. The van der Waals surface area contributed by atoms with Gasteiger partial charge in [-0.2, -0.15) is 0 Å². The van der Waals surface area contributed by atoms with E-state index in [0.29, 0.717) is 17.5 Å². The van der Waals surface area contributed by atoms with Crippen molar-refractivity contribution in [2.24, 2.45) is 5.92 Å². The van der Waals surface area contributed by atoms with Crippen molar-refractivity contribution in [2.75, 3.05) is 31.6 Å². The van der Waals surface area contributed by atoms with E-state index < -0.39 is 0 Å². The van der Waals surface area contributed by atoms with Gasteiger partial charge in [-0.1, -0.05) is 0 Å². The van der Waals surface area contributed by atoms with Crippen molar-refractivity contribution in [3.05, 3.63) is 29.6 Å². The number of benzene rings is 1. The molecule has 2 atom stereocenters. The van der Waals surface area contributed by atoms with Crippen molar-refractivity contribution in [1.82, 2.24) is 4.90 Å². The van der Waals surface area contributed by atoms with Gasteiger partial charge in [0.15, 0.2) is 0 Å². The highest BCUT2D eigenvalue weighted by Crippen LogP contribution is 2.32. The van der Waals surface area contributed by atoms with Gasteiger partial charge in [0.05, 0.1) is 6.61 Å². The zero-order chi connectivity index (χ0) is 14.1. The van der Waals surface area contributed by atoms with Crippen LogP contribution in [0, 0.1) is 11.7 Å². The summed E-state index contributed by atoms with van der Waals surface area (Å²) in [6.07, 6.45) is 3.68. The predicted octanol–water partition coefficient (Wildman–Crippen LogP) is 2.24. The highest BCUT2D eigenvalue weighted by atomic mass is 19.1. The molecule has 20 heavy (non-hydrogen) atoms. The number of anilines is 1. The summed E-state index contributed by atoms with van der Waals surface area (Å²) in [5.74, 6) is 0.428. The van der Waals surface area contributed by atoms with Gasteiger partial charge in [0.2, 0.25) is 0 Å². The Kier molecular flexibility index (Phi) is 3.94. The van der Waals surface area contributed by atoms with Crippen LogP contribution in [0.1, 0.15) is 24.8 Å². The van der Waals surface area contributed by atoms with E-state index in [-0.39, 0.29) is 12.4 Å². The van der Waals surface area contributed by atoms with E-state index in [2.05, 4.69) is 16.8 Å². The lowest BCUT2D eigenvalue weighted by atomic mass is 9.84. The monoisotopic (exact) mass is 278 g/mol. The normalized spacial score (nSPS) is 27.4. The number of aliphatic hydroxyl groups is 1. The van der Waals surface area contributed by atoms with Crippen LogP contribution in [0.2, 0.25) is 0 Å². The molecule has 0 saturated carbocycles. The van der Waals surface area contributed by atoms with E-state index in [1.807, 2.05) is 6.07 Å². The molecule has 0 spiro atoms. The number of aliphatic hydroxyl groups excluding tert-OH is 1. The van der Waals surface area contributed by atoms with Gasteiger partial charge in [-0.25, -0.2) is 4.39 Å². The molecule has 0 bridgehead atoms. The summed E-state index contributed by atoms with van der Waals surface area (Å²) in [7, 11) is 2.22. The molecular weight excluding hydrogens is 255 g/mol. The first-order chi connectivity index (χ1) is 9.67. The molecule has 2 aliphatic rings. The summed E-state index contributed by atoms with van der Waals surface area (Å²) >= 11 is 0. The third-order valence-corrected chi connectivity index (χ3v) is 4.84. The molecule has 4 heteroatoms. The average Bonchev–Trinajstić information content (AvgIpc) is 2.46. The predicted molar refractivity (Wildman–Crippen MR) is 78.3 cm³/mol. The van der Waals surface area contributed by atoms with Gasteiger partial charge >= 0.3 is 0 Å². The first kappa shape index (κ1) is 13.8. The molecule has 2 saturated heterocycles. The Balaban J connectivity index is 1.77. The molecule has 0 radical (unpaired) electrons. The third-order valence-electron chi connectivity index (χ3n) is 4.84. The zero-order valence-electron chi connectivity index (χ0n) is 12.1. The van der Waals surface area contributed by atoms with Crippen LogP contribution in [0.3, 0.4) is 0 Å². The van der Waals surface area contributed by atoms with E-state index in [1.165, 1.54) is 25.5 Å². The number of hydrogen-bond acceptors (Lipinski definition) is 3. The maximum Gasteiger partial charge on any atom is 0.125 e. The lowest BCUT2D eigenvalue weighted by Gasteiger charge is -2.46. The smallest absolute Gasteiger partial charge is 0.125 e. The van der Waals surface area contributed by atoms with Crippen LogP contribution >= 0.6 is 0 Å². The number of likely N-dealkylation sites (tertiary alicyclic amines) is 1. The molecular formula is C16H23FN2O. The Hall–Kier alpha value is -1.13. The van der Waals surface area contributed by atoms with E-state index >= 15 is 0 Å². The van der Waals surface area contributed by atoms with Gasteiger partial charge in [-0.05, 0) is 62.5 Å². The van der Waals surface area contributed by atoms with Crippen molar-refractivity contribution >= 4 is 5.69 Å². The molecule has 1 aromatic carbocycles. The number of halogens is 1. The fourth-order valence-electron chi connectivity index (χ4n) is 3.79. The number of rotatable bonds is 2. The fraction of sp³-hybridized carbons (Fsp3) is 0.625. The summed E-state index contributed by atoms with van der Waals surface area (Å²) in [5, 5.41) is 9.22. The minimum absolute atomic E-state index is 0.104. The number of fused-ring (bicyclic) bond motifs is 1. The molecule has 0 aromatic heterocycles. The molecule has 110 valence electrons. The van der Waals surface area contributed by atoms with E-state index in [1.54, 1.807) is 6.07 Å². The second-order valence-electron chi connectivity index (χ2n) is 6.16. The molecule has 0 aliphatic carbocycles. The molecule has 3 rings (SSSR count). The van der Waals surface area contributed by atoms with Crippen molar-refractivity contribution < 1.29 is 9.50 Å². The van der Waals surface area contributed by atoms with Crippen LogP contribution in [0.4, 0.5) is 10.1 Å². The lowest BCUT2D eigenvalue weighted by molar-refractivity contribution is 0.102. The molecule has 2 unspecified atom stereocenters.